The molecule has 138 valence electrons. The largest absolute Gasteiger partial charge is 0.489 e. The van der Waals surface area contributed by atoms with Crippen LogP contribution in [0.5, 0.6) is 5.75 Å². The predicted octanol–water partition coefficient (Wildman–Crippen LogP) is 5.65. The van der Waals surface area contributed by atoms with Gasteiger partial charge in [0, 0.05) is 17.2 Å². The third-order valence-corrected chi connectivity index (χ3v) is 5.53. The second-order valence-electron chi connectivity index (χ2n) is 7.08. The molecule has 0 bridgehead atoms. The first-order valence-electron chi connectivity index (χ1n) is 9.31. The second-order valence-corrected chi connectivity index (χ2v) is 7.49. The average molecular weight is 378 g/mol. The Kier molecular flexibility index (Phi) is 4.98. The van der Waals surface area contributed by atoms with Crippen LogP contribution in [0.15, 0.2) is 28.3 Å². The SMILES string of the molecule is O=C1OC(=Nc2cc(OC3CCCCC3)c(Cl)cc2F)C2=C1CCCC2. The van der Waals surface area contributed by atoms with Gasteiger partial charge in [0.15, 0.2) is 5.82 Å². The van der Waals surface area contributed by atoms with Crippen LogP contribution in [0.2, 0.25) is 5.02 Å². The number of aliphatic imine (C=N–C) groups is 1. The number of nitrogens with zero attached hydrogens (tertiary/aromatic N) is 1. The van der Waals surface area contributed by atoms with E-state index in [4.69, 9.17) is 21.1 Å². The summed E-state index contributed by atoms with van der Waals surface area (Å²) in [6.45, 7) is 0. The van der Waals surface area contributed by atoms with Gasteiger partial charge in [-0.1, -0.05) is 18.0 Å². The minimum absolute atomic E-state index is 0.0855. The lowest BCUT2D eigenvalue weighted by atomic mass is 9.93. The van der Waals surface area contributed by atoms with Gasteiger partial charge >= 0.3 is 5.97 Å². The fourth-order valence-corrected chi connectivity index (χ4v) is 4.03. The molecule has 1 aliphatic heterocycles. The van der Waals surface area contributed by atoms with Crippen molar-refractivity contribution in [2.75, 3.05) is 0 Å². The molecule has 0 N–H and O–H groups in total. The van der Waals surface area contributed by atoms with E-state index in [-0.39, 0.29) is 28.7 Å². The van der Waals surface area contributed by atoms with Gasteiger partial charge in [0.05, 0.1) is 11.1 Å². The van der Waals surface area contributed by atoms with E-state index in [9.17, 15) is 9.18 Å². The summed E-state index contributed by atoms with van der Waals surface area (Å²) in [6.07, 6.45) is 8.92. The van der Waals surface area contributed by atoms with E-state index in [2.05, 4.69) is 4.99 Å². The van der Waals surface area contributed by atoms with Crippen molar-refractivity contribution in [1.29, 1.82) is 0 Å². The highest BCUT2D eigenvalue weighted by atomic mass is 35.5. The summed E-state index contributed by atoms with van der Waals surface area (Å²) in [5.74, 6) is -0.262. The summed E-state index contributed by atoms with van der Waals surface area (Å²) < 4.78 is 25.7. The lowest BCUT2D eigenvalue weighted by Crippen LogP contribution is -2.19. The third kappa shape index (κ3) is 3.50. The van der Waals surface area contributed by atoms with Gasteiger partial charge in [-0.2, -0.15) is 0 Å². The van der Waals surface area contributed by atoms with Crippen LogP contribution in [0.25, 0.3) is 0 Å². The van der Waals surface area contributed by atoms with E-state index in [0.29, 0.717) is 17.7 Å². The van der Waals surface area contributed by atoms with E-state index in [1.165, 1.54) is 18.6 Å². The minimum Gasteiger partial charge on any atom is -0.489 e. The summed E-state index contributed by atoms with van der Waals surface area (Å²) in [6, 6.07) is 2.72. The standard InChI is InChI=1S/C20H21ClFNO3/c21-15-10-16(22)17(11-18(15)25-12-6-2-1-3-7-12)23-19-13-8-4-5-9-14(13)20(24)26-19/h10-12H,1-9H2. The first-order chi connectivity index (χ1) is 12.6. The van der Waals surface area contributed by atoms with Crippen molar-refractivity contribution >= 4 is 29.2 Å². The quantitative estimate of drug-likeness (QED) is 0.639. The van der Waals surface area contributed by atoms with Crippen LogP contribution in [0.4, 0.5) is 10.1 Å². The van der Waals surface area contributed by atoms with Crippen LogP contribution in [0, 0.1) is 5.82 Å². The molecule has 1 aromatic carbocycles. The summed E-state index contributed by atoms with van der Waals surface area (Å²) in [5.41, 5.74) is 1.58. The number of benzene rings is 1. The topological polar surface area (TPSA) is 47.9 Å². The van der Waals surface area contributed by atoms with Gasteiger partial charge in [-0.25, -0.2) is 14.2 Å². The molecule has 1 fully saturated rings. The first-order valence-corrected chi connectivity index (χ1v) is 9.68. The summed E-state index contributed by atoms with van der Waals surface area (Å²) >= 11 is 6.16. The molecule has 4 rings (SSSR count). The lowest BCUT2D eigenvalue weighted by molar-refractivity contribution is -0.130. The Balaban J connectivity index is 1.63. The molecule has 0 saturated heterocycles. The Hall–Kier alpha value is -1.88. The van der Waals surface area contributed by atoms with E-state index in [1.54, 1.807) is 0 Å². The van der Waals surface area contributed by atoms with E-state index >= 15 is 0 Å². The lowest BCUT2D eigenvalue weighted by Gasteiger charge is -2.23. The Labute approximate surface area is 157 Å². The highest BCUT2D eigenvalue weighted by Crippen LogP contribution is 2.37. The molecule has 6 heteroatoms. The van der Waals surface area contributed by atoms with Crippen LogP contribution in [0.3, 0.4) is 0 Å². The zero-order chi connectivity index (χ0) is 18.1. The average Bonchev–Trinajstić information content (AvgIpc) is 2.96. The summed E-state index contributed by atoms with van der Waals surface area (Å²) in [4.78, 5) is 16.3. The number of cyclic esters (lactones) is 1. The first kappa shape index (κ1) is 17.5. The molecule has 0 unspecified atom stereocenters. The number of hydrogen-bond acceptors (Lipinski definition) is 4. The molecule has 1 heterocycles. The van der Waals surface area contributed by atoms with Crippen molar-refractivity contribution in [2.45, 2.75) is 63.9 Å². The molecular weight excluding hydrogens is 357 g/mol. The highest BCUT2D eigenvalue weighted by Gasteiger charge is 2.33. The normalized spacial score (nSPS) is 22.5. The number of esters is 1. The number of carbonyl (C=O) groups is 1. The molecule has 1 aromatic rings. The number of rotatable bonds is 3. The maximum Gasteiger partial charge on any atom is 0.341 e. The van der Waals surface area contributed by atoms with Gasteiger partial charge in [0.2, 0.25) is 5.90 Å². The van der Waals surface area contributed by atoms with Crippen LogP contribution in [-0.2, 0) is 9.53 Å². The fraction of sp³-hybridized carbons (Fsp3) is 0.500. The van der Waals surface area contributed by atoms with Gasteiger partial charge in [-0.15, -0.1) is 0 Å². The van der Waals surface area contributed by atoms with Gasteiger partial charge in [0.1, 0.15) is 11.4 Å². The molecule has 0 aromatic heterocycles. The molecule has 0 atom stereocenters. The van der Waals surface area contributed by atoms with Gasteiger partial charge in [-0.05, 0) is 57.4 Å². The van der Waals surface area contributed by atoms with Crippen LogP contribution in [-0.4, -0.2) is 18.0 Å². The Morgan fingerprint density at radius 1 is 1.08 bits per heavy atom. The number of ether oxygens (including phenoxy) is 2. The highest BCUT2D eigenvalue weighted by molar-refractivity contribution is 6.32. The van der Waals surface area contributed by atoms with Crippen LogP contribution < -0.4 is 4.74 Å². The van der Waals surface area contributed by atoms with Crippen molar-refractivity contribution in [2.24, 2.45) is 4.99 Å². The molecule has 1 saturated carbocycles. The molecule has 3 aliphatic rings. The van der Waals surface area contributed by atoms with E-state index < -0.39 is 5.82 Å². The summed E-state index contributed by atoms with van der Waals surface area (Å²) in [7, 11) is 0. The number of carbonyl (C=O) groups excluding carboxylic acids is 1. The van der Waals surface area contributed by atoms with Crippen molar-refractivity contribution in [1.82, 2.24) is 0 Å². The van der Waals surface area contributed by atoms with E-state index in [0.717, 1.165) is 50.5 Å². The van der Waals surface area contributed by atoms with Crippen LogP contribution >= 0.6 is 11.6 Å². The molecule has 26 heavy (non-hydrogen) atoms. The monoisotopic (exact) mass is 377 g/mol. The van der Waals surface area contributed by atoms with Crippen molar-refractivity contribution in [3.05, 3.63) is 34.1 Å². The van der Waals surface area contributed by atoms with Gasteiger partial charge < -0.3 is 9.47 Å². The molecule has 2 aliphatic carbocycles. The second kappa shape index (κ2) is 7.39. The Morgan fingerprint density at radius 3 is 2.58 bits per heavy atom. The molecule has 4 nitrogen and oxygen atoms in total. The predicted molar refractivity (Wildman–Crippen MR) is 97.6 cm³/mol. The van der Waals surface area contributed by atoms with Crippen LogP contribution in [0.1, 0.15) is 57.8 Å². The van der Waals surface area contributed by atoms with Crippen molar-refractivity contribution in [3.63, 3.8) is 0 Å². The van der Waals surface area contributed by atoms with Crippen molar-refractivity contribution in [3.8, 4) is 5.75 Å². The van der Waals surface area contributed by atoms with Gasteiger partial charge in [0.25, 0.3) is 0 Å². The van der Waals surface area contributed by atoms with E-state index in [1.807, 2.05) is 0 Å². The maximum atomic E-state index is 14.4. The molecule has 0 amide bonds. The number of hydrogen-bond donors (Lipinski definition) is 0. The third-order valence-electron chi connectivity index (χ3n) is 5.23. The molecule has 0 spiro atoms. The minimum atomic E-state index is -0.556. The maximum absolute atomic E-state index is 14.4. The Bertz CT molecular complexity index is 796. The van der Waals surface area contributed by atoms with Crippen molar-refractivity contribution < 1.29 is 18.7 Å². The Morgan fingerprint density at radius 2 is 1.81 bits per heavy atom. The zero-order valence-corrected chi connectivity index (χ0v) is 15.3. The smallest absolute Gasteiger partial charge is 0.341 e. The van der Waals surface area contributed by atoms with Gasteiger partial charge in [-0.3, -0.25) is 0 Å². The molecule has 0 radical (unpaired) electrons. The summed E-state index contributed by atoms with van der Waals surface area (Å²) in [5, 5.41) is 0.234. The number of halogens is 2. The fourth-order valence-electron chi connectivity index (χ4n) is 3.83. The zero-order valence-electron chi connectivity index (χ0n) is 14.5. The molecular formula is C20H21ClFNO3.